The Balaban J connectivity index is 2.37. The average Bonchev–Trinajstić information content (AvgIpc) is 2.74. The van der Waals surface area contributed by atoms with Crippen molar-refractivity contribution in [1.29, 1.82) is 0 Å². The highest BCUT2D eigenvalue weighted by Gasteiger charge is 2.45. The fourth-order valence-electron chi connectivity index (χ4n) is 2.78. The molecule has 0 heterocycles. The molecule has 3 atom stereocenters. The van der Waals surface area contributed by atoms with Gasteiger partial charge in [0.2, 0.25) is 0 Å². The van der Waals surface area contributed by atoms with Gasteiger partial charge in [-0.15, -0.1) is 0 Å². The van der Waals surface area contributed by atoms with Crippen LogP contribution in [-0.2, 0) is 9.53 Å². The minimum absolute atomic E-state index is 0.000000000000000444. The Hall–Kier alpha value is -1.05. The van der Waals surface area contributed by atoms with Crippen LogP contribution in [-0.4, -0.2) is 13.1 Å². The number of rotatable bonds is 1. The zero-order valence-corrected chi connectivity index (χ0v) is 8.91. The number of carbonyl (C=O) groups is 1. The van der Waals surface area contributed by atoms with Crippen LogP contribution >= 0.6 is 0 Å². The van der Waals surface area contributed by atoms with E-state index in [-0.39, 0.29) is 11.9 Å². The molecular formula is C12H16O2. The second kappa shape index (κ2) is 3.26. The monoisotopic (exact) mass is 192 g/mol. The maximum atomic E-state index is 11.6. The van der Waals surface area contributed by atoms with Crippen LogP contribution in [0.5, 0.6) is 0 Å². The first-order valence-corrected chi connectivity index (χ1v) is 5.08. The van der Waals surface area contributed by atoms with Gasteiger partial charge in [-0.2, -0.15) is 0 Å². The number of fused-ring (bicyclic) bond motifs is 2. The van der Waals surface area contributed by atoms with Crippen molar-refractivity contribution in [1.82, 2.24) is 0 Å². The van der Waals surface area contributed by atoms with Gasteiger partial charge in [0.15, 0.2) is 0 Å². The third kappa shape index (κ3) is 1.21. The van der Waals surface area contributed by atoms with Crippen molar-refractivity contribution in [2.24, 2.45) is 17.8 Å². The number of hydrogen-bond donors (Lipinski definition) is 0. The van der Waals surface area contributed by atoms with Crippen LogP contribution in [0, 0.1) is 17.8 Å². The Bertz CT molecular complexity index is 321. The number of carbonyl (C=O) groups excluding carboxylic acids is 1. The highest BCUT2D eigenvalue weighted by atomic mass is 16.5. The molecule has 2 nitrogen and oxygen atoms in total. The second-order valence-electron chi connectivity index (χ2n) is 4.35. The van der Waals surface area contributed by atoms with Gasteiger partial charge in [0, 0.05) is 0 Å². The fraction of sp³-hybridized carbons (Fsp3) is 0.583. The molecule has 0 amide bonds. The first-order valence-electron chi connectivity index (χ1n) is 5.08. The smallest absolute Gasteiger partial charge is 0.313 e. The van der Waals surface area contributed by atoms with E-state index in [9.17, 15) is 4.79 Å². The number of methoxy groups -OCH3 is 1. The second-order valence-corrected chi connectivity index (χ2v) is 4.35. The summed E-state index contributed by atoms with van der Waals surface area (Å²) in [6.45, 7) is 4.17. The summed E-state index contributed by atoms with van der Waals surface area (Å²) in [6, 6.07) is 0. The molecule has 76 valence electrons. The van der Waals surface area contributed by atoms with E-state index >= 15 is 0 Å². The molecule has 2 aliphatic carbocycles. The SMILES string of the molecule is COC(=O)[C@@H]1C(=C(C)C)[C@H]2C=C[C@@H]1C2. The van der Waals surface area contributed by atoms with Crippen molar-refractivity contribution in [3.05, 3.63) is 23.3 Å². The Morgan fingerprint density at radius 1 is 1.43 bits per heavy atom. The molecule has 0 aromatic heterocycles. The van der Waals surface area contributed by atoms with Crippen LogP contribution in [0.1, 0.15) is 20.3 Å². The molecule has 0 spiro atoms. The first-order chi connectivity index (χ1) is 6.65. The third-order valence-corrected chi connectivity index (χ3v) is 3.31. The van der Waals surface area contributed by atoms with E-state index in [2.05, 4.69) is 26.0 Å². The third-order valence-electron chi connectivity index (χ3n) is 3.31. The highest BCUT2D eigenvalue weighted by Crippen LogP contribution is 2.49. The normalized spacial score (nSPS) is 33.6. The minimum atomic E-state index is -0.0713. The quantitative estimate of drug-likeness (QED) is 0.471. The average molecular weight is 192 g/mol. The predicted octanol–water partition coefficient (Wildman–Crippen LogP) is 2.32. The molecule has 14 heavy (non-hydrogen) atoms. The van der Waals surface area contributed by atoms with E-state index < -0.39 is 0 Å². The molecule has 1 fully saturated rings. The Morgan fingerprint density at radius 3 is 2.71 bits per heavy atom. The van der Waals surface area contributed by atoms with Crippen LogP contribution in [0.4, 0.5) is 0 Å². The molecule has 0 radical (unpaired) electrons. The van der Waals surface area contributed by atoms with E-state index in [1.54, 1.807) is 0 Å². The lowest BCUT2D eigenvalue weighted by atomic mass is 9.86. The van der Waals surface area contributed by atoms with Crippen molar-refractivity contribution < 1.29 is 9.53 Å². The molecule has 2 bridgehead atoms. The summed E-state index contributed by atoms with van der Waals surface area (Å²) in [5.41, 5.74) is 2.57. The van der Waals surface area contributed by atoms with E-state index in [0.717, 1.165) is 6.42 Å². The fourth-order valence-corrected chi connectivity index (χ4v) is 2.78. The van der Waals surface area contributed by atoms with Crippen LogP contribution in [0.25, 0.3) is 0 Å². The molecule has 0 N–H and O–H groups in total. The summed E-state index contributed by atoms with van der Waals surface area (Å²) < 4.78 is 4.86. The van der Waals surface area contributed by atoms with Crippen LogP contribution in [0.15, 0.2) is 23.3 Å². The summed E-state index contributed by atoms with van der Waals surface area (Å²) in [5.74, 6) is 0.810. The van der Waals surface area contributed by atoms with Crippen molar-refractivity contribution in [3.8, 4) is 0 Å². The van der Waals surface area contributed by atoms with Crippen LogP contribution in [0.2, 0.25) is 0 Å². The summed E-state index contributed by atoms with van der Waals surface area (Å²) in [6.07, 6.45) is 5.49. The minimum Gasteiger partial charge on any atom is -0.469 e. The summed E-state index contributed by atoms with van der Waals surface area (Å²) >= 11 is 0. The van der Waals surface area contributed by atoms with Gasteiger partial charge in [-0.05, 0) is 37.7 Å². The maximum Gasteiger partial charge on any atom is 0.313 e. The van der Waals surface area contributed by atoms with E-state index in [1.165, 1.54) is 18.3 Å². The molecule has 2 aliphatic rings. The Labute approximate surface area is 84.6 Å². The van der Waals surface area contributed by atoms with Crippen molar-refractivity contribution in [3.63, 3.8) is 0 Å². The molecule has 0 aliphatic heterocycles. The Kier molecular flexibility index (Phi) is 2.22. The van der Waals surface area contributed by atoms with Gasteiger partial charge in [-0.25, -0.2) is 0 Å². The molecule has 1 saturated carbocycles. The van der Waals surface area contributed by atoms with Gasteiger partial charge in [-0.3, -0.25) is 4.79 Å². The Morgan fingerprint density at radius 2 is 2.14 bits per heavy atom. The van der Waals surface area contributed by atoms with Gasteiger partial charge in [0.05, 0.1) is 13.0 Å². The number of ether oxygens (including phenoxy) is 1. The van der Waals surface area contributed by atoms with Gasteiger partial charge in [0.25, 0.3) is 0 Å². The zero-order chi connectivity index (χ0) is 10.3. The topological polar surface area (TPSA) is 26.3 Å². The van der Waals surface area contributed by atoms with Crippen molar-refractivity contribution in [2.45, 2.75) is 20.3 Å². The lowest BCUT2D eigenvalue weighted by Crippen LogP contribution is -2.23. The molecule has 0 unspecified atom stereocenters. The summed E-state index contributed by atoms with van der Waals surface area (Å²) in [5, 5.41) is 0. The number of esters is 1. The van der Waals surface area contributed by atoms with Gasteiger partial charge in [0.1, 0.15) is 0 Å². The maximum absolute atomic E-state index is 11.6. The first kappa shape index (κ1) is 9.50. The van der Waals surface area contributed by atoms with Gasteiger partial charge < -0.3 is 4.74 Å². The largest absolute Gasteiger partial charge is 0.469 e. The predicted molar refractivity (Wildman–Crippen MR) is 54.6 cm³/mol. The number of allylic oxidation sites excluding steroid dienone is 3. The van der Waals surface area contributed by atoms with Crippen LogP contribution in [0.3, 0.4) is 0 Å². The molecular weight excluding hydrogens is 176 g/mol. The summed E-state index contributed by atoms with van der Waals surface area (Å²) in [4.78, 5) is 11.6. The van der Waals surface area contributed by atoms with Crippen LogP contribution < -0.4 is 0 Å². The zero-order valence-electron chi connectivity index (χ0n) is 8.91. The van der Waals surface area contributed by atoms with Crippen molar-refractivity contribution >= 4 is 5.97 Å². The molecule has 0 aromatic rings. The standard InChI is InChI=1S/C12H16O2/c1-7(2)10-8-4-5-9(6-8)11(10)12(13)14-3/h4-5,8-9,11H,6H2,1-3H3/t8-,9+,11-/m0/s1. The van der Waals surface area contributed by atoms with E-state index in [4.69, 9.17) is 4.74 Å². The van der Waals surface area contributed by atoms with Gasteiger partial charge >= 0.3 is 5.97 Å². The van der Waals surface area contributed by atoms with E-state index in [1.807, 2.05) is 0 Å². The molecule has 2 rings (SSSR count). The molecule has 0 aromatic carbocycles. The lowest BCUT2D eigenvalue weighted by molar-refractivity contribution is -0.144. The number of hydrogen-bond acceptors (Lipinski definition) is 2. The van der Waals surface area contributed by atoms with Crippen molar-refractivity contribution in [2.75, 3.05) is 7.11 Å². The molecule has 2 heteroatoms. The summed E-state index contributed by atoms with van der Waals surface area (Å²) in [7, 11) is 1.47. The lowest BCUT2D eigenvalue weighted by Gasteiger charge is -2.20. The molecule has 0 saturated heterocycles. The van der Waals surface area contributed by atoms with Gasteiger partial charge in [-0.1, -0.05) is 17.7 Å². The highest BCUT2D eigenvalue weighted by molar-refractivity contribution is 5.78. The van der Waals surface area contributed by atoms with E-state index in [0.29, 0.717) is 11.8 Å².